The van der Waals surface area contributed by atoms with Crippen LogP contribution in [0.3, 0.4) is 0 Å². The maximum atomic E-state index is 12.9. The third-order valence-corrected chi connectivity index (χ3v) is 2.74. The van der Waals surface area contributed by atoms with E-state index in [4.69, 9.17) is 0 Å². The number of rotatable bonds is 8. The molecule has 0 saturated carbocycles. The van der Waals surface area contributed by atoms with Crippen LogP contribution in [0, 0.1) is 0 Å². The van der Waals surface area contributed by atoms with Crippen LogP contribution in [0.4, 0.5) is 70.2 Å². The average molecular weight is 430 g/mol. The number of alkyl halides is 16. The highest BCUT2D eigenvalue weighted by atomic mass is 19.4. The normalized spacial score (nSPS) is 15.8. The predicted molar refractivity (Wildman–Crippen MR) is 46.7 cm³/mol. The van der Waals surface area contributed by atoms with Crippen molar-refractivity contribution in [3.05, 3.63) is 0 Å². The van der Waals surface area contributed by atoms with Crippen molar-refractivity contribution in [1.82, 2.24) is 0 Å². The standard InChI is InChI=1S/C9H2F16O/c10-2(11)6(18,19)8(22,23)4(14,15)1(26)5(16,17)9(24,25)7(20,21)3(12)13/h2-3H. The molecular formula is C9H2F16O. The minimum Gasteiger partial charge on any atom is -0.286 e. The van der Waals surface area contributed by atoms with E-state index in [1.54, 1.807) is 0 Å². The molecule has 0 atom stereocenters. The summed E-state index contributed by atoms with van der Waals surface area (Å²) < 4.78 is 199. The number of halogens is 16. The number of carbonyl (C=O) groups excluding carboxylic acids is 1. The number of ketones is 1. The third kappa shape index (κ3) is 3.05. The minimum atomic E-state index is -7.79. The number of Topliss-reactive ketones (excluding diaryl/α,β-unsaturated/α-hetero) is 1. The van der Waals surface area contributed by atoms with Crippen molar-refractivity contribution in [3.63, 3.8) is 0 Å². The van der Waals surface area contributed by atoms with Crippen LogP contribution >= 0.6 is 0 Å². The highest BCUT2D eigenvalue weighted by molar-refractivity contribution is 5.94. The Morgan fingerprint density at radius 3 is 0.846 bits per heavy atom. The summed E-state index contributed by atoms with van der Waals surface area (Å²) in [6.45, 7) is 0. The predicted octanol–water partition coefficient (Wildman–Crippen LogP) is 4.90. The Bertz CT molecular complexity index is 488. The number of hydrogen-bond donors (Lipinski definition) is 0. The Morgan fingerprint density at radius 1 is 0.500 bits per heavy atom. The molecule has 156 valence electrons. The number of hydrogen-bond acceptors (Lipinski definition) is 1. The fraction of sp³-hybridized carbons (Fsp3) is 0.889. The molecule has 1 nitrogen and oxygen atoms in total. The van der Waals surface area contributed by atoms with E-state index in [1.807, 2.05) is 0 Å². The van der Waals surface area contributed by atoms with E-state index in [0.29, 0.717) is 0 Å². The molecule has 0 radical (unpaired) electrons. The van der Waals surface area contributed by atoms with Crippen LogP contribution in [0.5, 0.6) is 0 Å². The van der Waals surface area contributed by atoms with Crippen LogP contribution < -0.4 is 0 Å². The highest BCUT2D eigenvalue weighted by Gasteiger charge is 2.86. The van der Waals surface area contributed by atoms with Crippen molar-refractivity contribution in [3.8, 4) is 0 Å². The number of carbonyl (C=O) groups is 1. The second-order valence-corrected chi connectivity index (χ2v) is 4.47. The Hall–Kier alpha value is -1.45. The smallest absolute Gasteiger partial charge is 0.286 e. The molecule has 0 spiro atoms. The van der Waals surface area contributed by atoms with Gasteiger partial charge in [0.25, 0.3) is 5.78 Å². The van der Waals surface area contributed by atoms with Gasteiger partial charge in [0.05, 0.1) is 0 Å². The summed E-state index contributed by atoms with van der Waals surface area (Å²) in [4.78, 5) is 10.5. The molecule has 0 fully saturated rings. The third-order valence-electron chi connectivity index (χ3n) is 2.74. The fourth-order valence-electron chi connectivity index (χ4n) is 1.18. The molecule has 0 bridgehead atoms. The summed E-state index contributed by atoms with van der Waals surface area (Å²) in [5, 5.41) is 0. The molecule has 26 heavy (non-hydrogen) atoms. The van der Waals surface area contributed by atoms with Crippen LogP contribution in [0.15, 0.2) is 0 Å². The van der Waals surface area contributed by atoms with Gasteiger partial charge in [-0.3, -0.25) is 4.79 Å². The molecule has 0 unspecified atom stereocenters. The lowest BCUT2D eigenvalue weighted by molar-refractivity contribution is -0.351. The first-order valence-corrected chi connectivity index (χ1v) is 5.42. The van der Waals surface area contributed by atoms with Gasteiger partial charge in [-0.2, -0.15) is 52.7 Å². The SMILES string of the molecule is O=C(C(F)(F)C(F)(F)C(F)(F)C(F)F)C(F)(F)C(F)(F)C(F)(F)C(F)F. The van der Waals surface area contributed by atoms with Gasteiger partial charge in [-0.05, 0) is 0 Å². The maximum absolute atomic E-state index is 12.9. The molecule has 0 aliphatic rings. The van der Waals surface area contributed by atoms with E-state index in [-0.39, 0.29) is 0 Å². The first kappa shape index (κ1) is 24.6. The van der Waals surface area contributed by atoms with Crippen LogP contribution in [0.25, 0.3) is 0 Å². The largest absolute Gasteiger partial charge is 0.385 e. The lowest BCUT2D eigenvalue weighted by Gasteiger charge is -2.36. The van der Waals surface area contributed by atoms with E-state index < -0.39 is 54.2 Å². The Kier molecular flexibility index (Phi) is 5.96. The monoisotopic (exact) mass is 430 g/mol. The van der Waals surface area contributed by atoms with Gasteiger partial charge in [-0.15, -0.1) is 0 Å². The van der Waals surface area contributed by atoms with Gasteiger partial charge >= 0.3 is 48.4 Å². The molecule has 0 rings (SSSR count). The summed E-state index contributed by atoms with van der Waals surface area (Å²) in [7, 11) is 0. The average Bonchev–Trinajstić information content (AvgIpc) is 2.44. The summed E-state index contributed by atoms with van der Waals surface area (Å²) in [6.07, 6.45) is -11.5. The first-order chi connectivity index (χ1) is 11.0. The van der Waals surface area contributed by atoms with E-state index in [9.17, 15) is 75.0 Å². The summed E-state index contributed by atoms with van der Waals surface area (Å²) in [5.41, 5.74) is 0. The maximum Gasteiger partial charge on any atom is 0.385 e. The van der Waals surface area contributed by atoms with Gasteiger partial charge in [-0.1, -0.05) is 0 Å². The lowest BCUT2D eigenvalue weighted by Crippen LogP contribution is -2.69. The molecule has 0 amide bonds. The topological polar surface area (TPSA) is 17.1 Å². The molecule has 0 aromatic heterocycles. The van der Waals surface area contributed by atoms with Crippen molar-refractivity contribution in [1.29, 1.82) is 0 Å². The summed E-state index contributed by atoms with van der Waals surface area (Å²) in [5.74, 6) is -51.1. The zero-order valence-corrected chi connectivity index (χ0v) is 11.1. The minimum absolute atomic E-state index is 5.40. The van der Waals surface area contributed by atoms with Crippen LogP contribution in [0.2, 0.25) is 0 Å². The van der Waals surface area contributed by atoms with Gasteiger partial charge < -0.3 is 0 Å². The fourth-order valence-corrected chi connectivity index (χ4v) is 1.18. The highest BCUT2D eigenvalue weighted by Crippen LogP contribution is 2.55. The van der Waals surface area contributed by atoms with Crippen molar-refractivity contribution in [2.45, 2.75) is 48.4 Å². The zero-order chi connectivity index (χ0) is 21.7. The molecule has 0 N–H and O–H groups in total. The van der Waals surface area contributed by atoms with Gasteiger partial charge in [0.15, 0.2) is 0 Å². The zero-order valence-electron chi connectivity index (χ0n) is 11.1. The second-order valence-electron chi connectivity index (χ2n) is 4.47. The molecule has 0 aliphatic carbocycles. The van der Waals surface area contributed by atoms with Gasteiger partial charge in [0, 0.05) is 0 Å². The van der Waals surface area contributed by atoms with E-state index in [2.05, 4.69) is 0 Å². The molecule has 17 heteroatoms. The Labute approximate surface area is 130 Å². The van der Waals surface area contributed by atoms with E-state index in [1.165, 1.54) is 0 Å². The van der Waals surface area contributed by atoms with Crippen molar-refractivity contribution in [2.75, 3.05) is 0 Å². The van der Waals surface area contributed by atoms with Gasteiger partial charge in [0.2, 0.25) is 0 Å². The summed E-state index contributed by atoms with van der Waals surface area (Å²) in [6, 6.07) is 0. The molecule has 0 aromatic carbocycles. The van der Waals surface area contributed by atoms with Crippen LogP contribution in [0.1, 0.15) is 0 Å². The van der Waals surface area contributed by atoms with Gasteiger partial charge in [-0.25, -0.2) is 17.6 Å². The molecule has 0 aromatic rings. The van der Waals surface area contributed by atoms with Crippen molar-refractivity contribution < 1.29 is 75.0 Å². The molecule has 0 heterocycles. The summed E-state index contributed by atoms with van der Waals surface area (Å²) >= 11 is 0. The van der Waals surface area contributed by atoms with Gasteiger partial charge in [0.1, 0.15) is 0 Å². The molecule has 0 saturated heterocycles. The van der Waals surface area contributed by atoms with E-state index >= 15 is 0 Å². The quantitative estimate of drug-likeness (QED) is 0.501. The van der Waals surface area contributed by atoms with E-state index in [0.717, 1.165) is 0 Å². The lowest BCUT2D eigenvalue weighted by atomic mass is 9.92. The Morgan fingerprint density at radius 2 is 0.692 bits per heavy atom. The van der Waals surface area contributed by atoms with Crippen LogP contribution in [-0.2, 0) is 4.79 Å². The Balaban J connectivity index is 6.34. The molecular weight excluding hydrogens is 428 g/mol. The van der Waals surface area contributed by atoms with Crippen molar-refractivity contribution in [2.24, 2.45) is 0 Å². The molecule has 0 aliphatic heterocycles. The first-order valence-electron chi connectivity index (χ1n) is 5.42. The second kappa shape index (κ2) is 6.31. The van der Waals surface area contributed by atoms with Crippen LogP contribution in [-0.4, -0.2) is 54.2 Å². The van der Waals surface area contributed by atoms with Crippen molar-refractivity contribution >= 4 is 5.78 Å².